The highest BCUT2D eigenvalue weighted by molar-refractivity contribution is 5.76. The molecule has 0 aliphatic carbocycles. The van der Waals surface area contributed by atoms with E-state index in [1.54, 1.807) is 7.11 Å². The van der Waals surface area contributed by atoms with Gasteiger partial charge in [0.25, 0.3) is 0 Å². The number of anilines is 1. The van der Waals surface area contributed by atoms with Gasteiger partial charge in [-0.05, 0) is 51.0 Å². The number of nitrogens with one attached hydrogen (secondary N) is 1. The van der Waals surface area contributed by atoms with E-state index in [0.717, 1.165) is 17.0 Å². The predicted octanol–water partition coefficient (Wildman–Crippen LogP) is 3.18. The Morgan fingerprint density at radius 1 is 1.40 bits per heavy atom. The van der Waals surface area contributed by atoms with Crippen LogP contribution in [-0.2, 0) is 16.0 Å². The molecule has 4 heteroatoms. The van der Waals surface area contributed by atoms with Gasteiger partial charge in [-0.15, -0.1) is 6.58 Å². The first-order chi connectivity index (χ1) is 9.35. The fourth-order valence-corrected chi connectivity index (χ4v) is 1.74. The lowest BCUT2D eigenvalue weighted by Gasteiger charge is -2.20. The molecule has 110 valence electrons. The van der Waals surface area contributed by atoms with Gasteiger partial charge >= 0.3 is 5.97 Å². The minimum Gasteiger partial charge on any atom is -0.497 e. The molecule has 0 aliphatic heterocycles. The summed E-state index contributed by atoms with van der Waals surface area (Å²) in [5.74, 6) is 0.502. The molecule has 1 aromatic carbocycles. The number of carbonyl (C=O) groups is 1. The Kier molecular flexibility index (Phi) is 5.62. The van der Waals surface area contributed by atoms with Gasteiger partial charge in [-0.25, -0.2) is 0 Å². The summed E-state index contributed by atoms with van der Waals surface area (Å²) in [5, 5.41) is 3.09. The van der Waals surface area contributed by atoms with E-state index in [4.69, 9.17) is 9.47 Å². The van der Waals surface area contributed by atoms with Crippen LogP contribution < -0.4 is 10.1 Å². The second-order valence-corrected chi connectivity index (χ2v) is 5.46. The highest BCUT2D eigenvalue weighted by Crippen LogP contribution is 2.22. The maximum Gasteiger partial charge on any atom is 0.325 e. The van der Waals surface area contributed by atoms with Crippen LogP contribution in [0.1, 0.15) is 26.3 Å². The first kappa shape index (κ1) is 16.1. The topological polar surface area (TPSA) is 47.6 Å². The molecule has 0 unspecified atom stereocenters. The van der Waals surface area contributed by atoms with E-state index in [-0.39, 0.29) is 12.5 Å². The highest BCUT2D eigenvalue weighted by atomic mass is 16.6. The monoisotopic (exact) mass is 277 g/mol. The Balaban J connectivity index is 2.71. The Morgan fingerprint density at radius 2 is 2.10 bits per heavy atom. The molecule has 0 heterocycles. The molecule has 0 radical (unpaired) electrons. The smallest absolute Gasteiger partial charge is 0.325 e. The van der Waals surface area contributed by atoms with Gasteiger partial charge in [-0.3, -0.25) is 4.79 Å². The molecule has 20 heavy (non-hydrogen) atoms. The first-order valence-electron chi connectivity index (χ1n) is 6.59. The summed E-state index contributed by atoms with van der Waals surface area (Å²) >= 11 is 0. The molecule has 0 bridgehead atoms. The second kappa shape index (κ2) is 6.98. The first-order valence-corrected chi connectivity index (χ1v) is 6.59. The van der Waals surface area contributed by atoms with E-state index in [0.29, 0.717) is 6.42 Å². The molecule has 1 N–H and O–H groups in total. The van der Waals surface area contributed by atoms with Crippen molar-refractivity contribution in [3.8, 4) is 5.75 Å². The fraction of sp³-hybridized carbons (Fsp3) is 0.438. The Morgan fingerprint density at radius 3 is 2.65 bits per heavy atom. The van der Waals surface area contributed by atoms with Crippen molar-refractivity contribution in [1.29, 1.82) is 0 Å². The molecular weight excluding hydrogens is 254 g/mol. The molecule has 4 nitrogen and oxygen atoms in total. The highest BCUT2D eigenvalue weighted by Gasteiger charge is 2.16. The van der Waals surface area contributed by atoms with Crippen LogP contribution in [0.2, 0.25) is 0 Å². The Hall–Kier alpha value is -1.97. The van der Waals surface area contributed by atoms with Crippen LogP contribution in [0.4, 0.5) is 5.69 Å². The van der Waals surface area contributed by atoms with Crippen molar-refractivity contribution < 1.29 is 14.3 Å². The number of carbonyl (C=O) groups excluding carboxylic acids is 1. The van der Waals surface area contributed by atoms with Crippen LogP contribution in [0.5, 0.6) is 5.75 Å². The fourth-order valence-electron chi connectivity index (χ4n) is 1.74. The van der Waals surface area contributed by atoms with E-state index in [1.165, 1.54) is 0 Å². The van der Waals surface area contributed by atoms with Gasteiger partial charge in [0.1, 0.15) is 17.9 Å². The van der Waals surface area contributed by atoms with Crippen molar-refractivity contribution in [2.24, 2.45) is 0 Å². The average molecular weight is 277 g/mol. The van der Waals surface area contributed by atoms with E-state index < -0.39 is 5.60 Å². The number of esters is 1. The van der Waals surface area contributed by atoms with Gasteiger partial charge in [-0.2, -0.15) is 0 Å². The number of hydrogen-bond acceptors (Lipinski definition) is 4. The molecule has 0 atom stereocenters. The van der Waals surface area contributed by atoms with Gasteiger partial charge in [0.05, 0.1) is 7.11 Å². The Labute approximate surface area is 120 Å². The normalized spacial score (nSPS) is 10.8. The van der Waals surface area contributed by atoms with Crippen molar-refractivity contribution in [2.45, 2.75) is 32.8 Å². The van der Waals surface area contributed by atoms with Crippen LogP contribution >= 0.6 is 0 Å². The zero-order valence-corrected chi connectivity index (χ0v) is 12.7. The molecule has 0 saturated heterocycles. The molecule has 0 aromatic heterocycles. The molecule has 0 fully saturated rings. The summed E-state index contributed by atoms with van der Waals surface area (Å²) in [6.45, 7) is 9.41. The maximum absolute atomic E-state index is 11.7. The minimum absolute atomic E-state index is 0.133. The molecule has 1 rings (SSSR count). The zero-order valence-electron chi connectivity index (χ0n) is 12.7. The number of benzene rings is 1. The number of ether oxygens (including phenoxy) is 2. The molecule has 0 spiro atoms. The number of hydrogen-bond donors (Lipinski definition) is 1. The third-order valence-electron chi connectivity index (χ3n) is 2.52. The van der Waals surface area contributed by atoms with Crippen molar-refractivity contribution in [2.75, 3.05) is 19.0 Å². The molecule has 0 amide bonds. The SMILES string of the molecule is C=CCc1cc(OC)ccc1NCC(=O)OC(C)(C)C. The maximum atomic E-state index is 11.7. The van der Waals surface area contributed by atoms with E-state index in [2.05, 4.69) is 11.9 Å². The van der Waals surface area contributed by atoms with Gasteiger partial charge in [0.2, 0.25) is 0 Å². The van der Waals surface area contributed by atoms with Crippen molar-refractivity contribution in [3.63, 3.8) is 0 Å². The number of allylic oxidation sites excluding steroid dienone is 1. The lowest BCUT2D eigenvalue weighted by Crippen LogP contribution is -2.28. The zero-order chi connectivity index (χ0) is 15.2. The van der Waals surface area contributed by atoms with Crippen LogP contribution in [-0.4, -0.2) is 25.2 Å². The van der Waals surface area contributed by atoms with Gasteiger partial charge < -0.3 is 14.8 Å². The Bertz CT molecular complexity index is 475. The summed E-state index contributed by atoms with van der Waals surface area (Å²) in [4.78, 5) is 11.7. The standard InChI is InChI=1S/C16H23NO3/c1-6-7-12-10-13(19-5)8-9-14(12)17-11-15(18)20-16(2,3)4/h6,8-10,17H,1,7,11H2,2-5H3. The number of methoxy groups -OCH3 is 1. The van der Waals surface area contributed by atoms with Crippen molar-refractivity contribution >= 4 is 11.7 Å². The summed E-state index contributed by atoms with van der Waals surface area (Å²) in [6.07, 6.45) is 2.52. The largest absolute Gasteiger partial charge is 0.497 e. The van der Waals surface area contributed by atoms with Crippen LogP contribution in [0, 0.1) is 0 Å². The van der Waals surface area contributed by atoms with Gasteiger partial charge in [0.15, 0.2) is 0 Å². The second-order valence-electron chi connectivity index (χ2n) is 5.46. The summed E-state index contributed by atoms with van der Waals surface area (Å²) < 4.78 is 10.5. The van der Waals surface area contributed by atoms with Crippen molar-refractivity contribution in [1.82, 2.24) is 0 Å². The third-order valence-corrected chi connectivity index (χ3v) is 2.52. The lowest BCUT2D eigenvalue weighted by molar-refractivity contribution is -0.152. The molecule has 0 aliphatic rings. The van der Waals surface area contributed by atoms with Gasteiger partial charge in [-0.1, -0.05) is 6.08 Å². The van der Waals surface area contributed by atoms with Gasteiger partial charge in [0, 0.05) is 5.69 Å². The summed E-state index contributed by atoms with van der Waals surface area (Å²) in [5.41, 5.74) is 1.45. The van der Waals surface area contributed by atoms with E-state index in [9.17, 15) is 4.79 Å². The van der Waals surface area contributed by atoms with Crippen molar-refractivity contribution in [3.05, 3.63) is 36.4 Å². The number of rotatable bonds is 6. The van der Waals surface area contributed by atoms with Crippen LogP contribution in [0.3, 0.4) is 0 Å². The predicted molar refractivity (Wildman–Crippen MR) is 81.2 cm³/mol. The quantitative estimate of drug-likeness (QED) is 0.641. The van der Waals surface area contributed by atoms with E-state index in [1.807, 2.05) is 45.0 Å². The third kappa shape index (κ3) is 5.34. The molecule has 1 aromatic rings. The molecular formula is C16H23NO3. The molecule has 0 saturated carbocycles. The summed E-state index contributed by atoms with van der Waals surface area (Å²) in [7, 11) is 1.63. The van der Waals surface area contributed by atoms with Crippen LogP contribution in [0.15, 0.2) is 30.9 Å². The lowest BCUT2D eigenvalue weighted by atomic mass is 10.1. The average Bonchev–Trinajstić information content (AvgIpc) is 2.35. The minimum atomic E-state index is -0.470. The van der Waals surface area contributed by atoms with Crippen LogP contribution in [0.25, 0.3) is 0 Å². The van der Waals surface area contributed by atoms with E-state index >= 15 is 0 Å². The summed E-state index contributed by atoms with van der Waals surface area (Å²) in [6, 6.07) is 5.67.